The van der Waals surface area contributed by atoms with Gasteiger partial charge in [-0.3, -0.25) is 0 Å². The van der Waals surface area contributed by atoms with E-state index in [9.17, 15) is 10.2 Å². The average Bonchev–Trinajstić information content (AvgIpc) is 2.57. The SMILES string of the molecule is CC(C)(O)/C(=C/C=C(\Sc1ccccc1)C(C)(C)O)Sc1ccccc1. The minimum absolute atomic E-state index is 0.819. The predicted octanol–water partition coefficient (Wildman–Crippen LogP) is 5.88. The summed E-state index contributed by atoms with van der Waals surface area (Å²) >= 11 is 3.06. The summed E-state index contributed by atoms with van der Waals surface area (Å²) in [5, 5.41) is 21.1. The summed E-state index contributed by atoms with van der Waals surface area (Å²) in [5.74, 6) is 0. The van der Waals surface area contributed by atoms with Gasteiger partial charge in [0.05, 0.1) is 11.2 Å². The summed E-state index contributed by atoms with van der Waals surface area (Å²) < 4.78 is 0. The van der Waals surface area contributed by atoms with Crippen LogP contribution < -0.4 is 0 Å². The van der Waals surface area contributed by atoms with Crippen LogP contribution in [0.3, 0.4) is 0 Å². The third kappa shape index (κ3) is 6.69. The normalized spacial score (nSPS) is 13.8. The molecule has 0 saturated carbocycles. The topological polar surface area (TPSA) is 40.5 Å². The lowest BCUT2D eigenvalue weighted by atomic mass is 10.1. The van der Waals surface area contributed by atoms with Gasteiger partial charge in [-0.15, -0.1) is 0 Å². The van der Waals surface area contributed by atoms with Crippen LogP contribution in [0.15, 0.2) is 92.4 Å². The Kier molecular flexibility index (Phi) is 7.18. The highest BCUT2D eigenvalue weighted by molar-refractivity contribution is 8.03. The molecular weight excluding hydrogens is 360 g/mol. The first kappa shape index (κ1) is 20.8. The summed E-state index contributed by atoms with van der Waals surface area (Å²) in [7, 11) is 0. The highest BCUT2D eigenvalue weighted by atomic mass is 32.2. The third-order valence-corrected chi connectivity index (χ3v) is 6.26. The van der Waals surface area contributed by atoms with E-state index >= 15 is 0 Å². The molecule has 26 heavy (non-hydrogen) atoms. The molecule has 4 heteroatoms. The van der Waals surface area contributed by atoms with Crippen LogP contribution in [0.4, 0.5) is 0 Å². The van der Waals surface area contributed by atoms with Crippen molar-refractivity contribution in [1.82, 2.24) is 0 Å². The summed E-state index contributed by atoms with van der Waals surface area (Å²) in [5.41, 5.74) is -1.95. The van der Waals surface area contributed by atoms with Crippen molar-refractivity contribution < 1.29 is 10.2 Å². The molecular formula is C22H26O2S2. The molecule has 2 aromatic carbocycles. The largest absolute Gasteiger partial charge is 0.385 e. The van der Waals surface area contributed by atoms with Crippen molar-refractivity contribution in [2.75, 3.05) is 0 Å². The van der Waals surface area contributed by atoms with E-state index in [-0.39, 0.29) is 0 Å². The monoisotopic (exact) mass is 386 g/mol. The van der Waals surface area contributed by atoms with Gasteiger partial charge in [0.2, 0.25) is 0 Å². The maximum Gasteiger partial charge on any atom is 0.0902 e. The Hall–Kier alpha value is -1.46. The zero-order valence-corrected chi connectivity index (χ0v) is 17.3. The van der Waals surface area contributed by atoms with Gasteiger partial charge in [0.1, 0.15) is 0 Å². The van der Waals surface area contributed by atoms with Crippen LogP contribution in [0.5, 0.6) is 0 Å². The minimum atomic E-state index is -0.973. The van der Waals surface area contributed by atoms with Crippen molar-refractivity contribution in [2.24, 2.45) is 0 Å². The molecule has 0 heterocycles. The fourth-order valence-corrected chi connectivity index (χ4v) is 3.97. The first-order chi connectivity index (χ1) is 12.2. The Bertz CT molecular complexity index is 685. The minimum Gasteiger partial charge on any atom is -0.385 e. The highest BCUT2D eigenvalue weighted by Gasteiger charge is 2.23. The third-order valence-electron chi connectivity index (χ3n) is 3.53. The Labute approximate surface area is 165 Å². The maximum absolute atomic E-state index is 10.6. The smallest absolute Gasteiger partial charge is 0.0902 e. The number of aliphatic hydroxyl groups is 2. The van der Waals surface area contributed by atoms with E-state index in [1.54, 1.807) is 27.7 Å². The van der Waals surface area contributed by atoms with Crippen molar-refractivity contribution in [3.8, 4) is 0 Å². The van der Waals surface area contributed by atoms with Gasteiger partial charge in [-0.25, -0.2) is 0 Å². The molecule has 0 aliphatic carbocycles. The van der Waals surface area contributed by atoms with Crippen molar-refractivity contribution >= 4 is 23.5 Å². The Balaban J connectivity index is 2.34. The summed E-state index contributed by atoms with van der Waals surface area (Å²) in [4.78, 5) is 3.77. The van der Waals surface area contributed by atoms with Gasteiger partial charge < -0.3 is 10.2 Å². The van der Waals surface area contributed by atoms with Gasteiger partial charge in [0.25, 0.3) is 0 Å². The first-order valence-electron chi connectivity index (χ1n) is 8.50. The summed E-state index contributed by atoms with van der Waals surface area (Å²) in [6.07, 6.45) is 3.81. The average molecular weight is 387 g/mol. The zero-order chi connectivity index (χ0) is 19.2. The van der Waals surface area contributed by atoms with Crippen LogP contribution in [0.25, 0.3) is 0 Å². The molecule has 0 amide bonds. The molecule has 2 nitrogen and oxygen atoms in total. The second kappa shape index (κ2) is 8.96. The van der Waals surface area contributed by atoms with Crippen LogP contribution in [0, 0.1) is 0 Å². The van der Waals surface area contributed by atoms with E-state index in [0.29, 0.717) is 0 Å². The van der Waals surface area contributed by atoms with Crippen molar-refractivity contribution in [2.45, 2.75) is 48.7 Å². The lowest BCUT2D eigenvalue weighted by molar-refractivity contribution is 0.127. The number of hydrogen-bond donors (Lipinski definition) is 2. The van der Waals surface area contributed by atoms with Gasteiger partial charge in [-0.2, -0.15) is 0 Å². The molecule has 0 radical (unpaired) electrons. The van der Waals surface area contributed by atoms with Gasteiger partial charge in [0, 0.05) is 19.6 Å². The first-order valence-corrected chi connectivity index (χ1v) is 10.1. The van der Waals surface area contributed by atoms with Crippen LogP contribution in [0.1, 0.15) is 27.7 Å². The highest BCUT2D eigenvalue weighted by Crippen LogP contribution is 2.37. The van der Waals surface area contributed by atoms with Crippen molar-refractivity contribution in [1.29, 1.82) is 0 Å². The lowest BCUT2D eigenvalue weighted by Crippen LogP contribution is -2.21. The number of allylic oxidation sites excluding steroid dienone is 2. The molecule has 0 aromatic heterocycles. The molecule has 0 unspecified atom stereocenters. The fourth-order valence-electron chi connectivity index (χ4n) is 2.11. The van der Waals surface area contributed by atoms with E-state index < -0.39 is 11.2 Å². The van der Waals surface area contributed by atoms with Crippen LogP contribution in [0.2, 0.25) is 0 Å². The molecule has 138 valence electrons. The molecule has 2 N–H and O–H groups in total. The number of hydrogen-bond acceptors (Lipinski definition) is 4. The van der Waals surface area contributed by atoms with Gasteiger partial charge in [0.15, 0.2) is 0 Å². The molecule has 2 aromatic rings. The van der Waals surface area contributed by atoms with Crippen LogP contribution in [-0.4, -0.2) is 21.4 Å². The molecule has 0 atom stereocenters. The quantitative estimate of drug-likeness (QED) is 0.460. The van der Waals surface area contributed by atoms with Gasteiger partial charge >= 0.3 is 0 Å². The molecule has 0 fully saturated rings. The zero-order valence-electron chi connectivity index (χ0n) is 15.6. The summed E-state index contributed by atoms with van der Waals surface area (Å²) in [6, 6.07) is 19.9. The van der Waals surface area contributed by atoms with Gasteiger partial charge in [-0.1, -0.05) is 59.9 Å². The number of thioether (sulfide) groups is 2. The molecule has 0 bridgehead atoms. The molecule has 0 saturated heterocycles. The van der Waals surface area contributed by atoms with Crippen LogP contribution in [-0.2, 0) is 0 Å². The molecule has 0 aliphatic heterocycles. The second-order valence-electron chi connectivity index (χ2n) is 7.01. The second-order valence-corrected chi connectivity index (χ2v) is 9.24. The Morgan fingerprint density at radius 1 is 0.654 bits per heavy atom. The van der Waals surface area contributed by atoms with E-state index in [4.69, 9.17) is 0 Å². The van der Waals surface area contributed by atoms with E-state index in [1.165, 1.54) is 23.5 Å². The van der Waals surface area contributed by atoms with E-state index in [1.807, 2.05) is 72.8 Å². The molecule has 2 rings (SSSR count). The number of benzene rings is 2. The maximum atomic E-state index is 10.6. The standard InChI is InChI=1S/C22H26O2S2/c1-21(2,23)19(25-17-11-7-5-8-12-17)15-16-20(22(3,4)24)26-18-13-9-6-10-14-18/h5-16,23-24H,1-4H3/b19-15-,20-16-. The van der Waals surface area contributed by atoms with Crippen molar-refractivity contribution in [3.63, 3.8) is 0 Å². The fraction of sp³-hybridized carbons (Fsp3) is 0.273. The summed E-state index contributed by atoms with van der Waals surface area (Å²) in [6.45, 7) is 7.10. The predicted molar refractivity (Wildman–Crippen MR) is 113 cm³/mol. The lowest BCUT2D eigenvalue weighted by Gasteiger charge is -2.23. The van der Waals surface area contributed by atoms with Gasteiger partial charge in [-0.05, 0) is 64.1 Å². The van der Waals surface area contributed by atoms with Crippen molar-refractivity contribution in [3.05, 3.63) is 82.6 Å². The van der Waals surface area contributed by atoms with E-state index in [2.05, 4.69) is 0 Å². The van der Waals surface area contributed by atoms with E-state index in [0.717, 1.165) is 19.6 Å². The van der Waals surface area contributed by atoms with Crippen LogP contribution >= 0.6 is 23.5 Å². The molecule has 0 spiro atoms. The Morgan fingerprint density at radius 2 is 0.962 bits per heavy atom. The molecule has 0 aliphatic rings. The Morgan fingerprint density at radius 3 is 1.23 bits per heavy atom. The number of rotatable bonds is 7.